The van der Waals surface area contributed by atoms with Gasteiger partial charge in [0.2, 0.25) is 0 Å². The molecule has 1 N–H and O–H groups in total. The molecule has 0 aromatic carbocycles. The molecule has 2 saturated carbocycles. The van der Waals surface area contributed by atoms with E-state index in [-0.39, 0.29) is 6.04 Å². The van der Waals surface area contributed by atoms with Gasteiger partial charge in [-0.1, -0.05) is 6.42 Å². The second-order valence-corrected chi connectivity index (χ2v) is 4.13. The van der Waals surface area contributed by atoms with Crippen molar-refractivity contribution >= 4 is 0 Å². The van der Waals surface area contributed by atoms with Crippen molar-refractivity contribution in [3.8, 4) is 0 Å². The molecule has 0 amide bonds. The highest BCUT2D eigenvalue weighted by atomic mass is 19.4. The van der Waals surface area contributed by atoms with Crippen LogP contribution in [0.15, 0.2) is 0 Å². The minimum absolute atomic E-state index is 0.287. The van der Waals surface area contributed by atoms with E-state index < -0.39 is 12.1 Å². The normalized spacial score (nSPS) is 35.3. The molecule has 13 heavy (non-hydrogen) atoms. The van der Waals surface area contributed by atoms with Gasteiger partial charge in [-0.05, 0) is 25.7 Å². The van der Waals surface area contributed by atoms with Crippen LogP contribution in [0.3, 0.4) is 0 Å². The standard InChI is InChI=1S/C9H14F3N/c10-9(11,12)7-4-5-8(7)13-6-2-1-3-6/h6-8,13H,1-5H2. The van der Waals surface area contributed by atoms with E-state index in [0.29, 0.717) is 18.9 Å². The van der Waals surface area contributed by atoms with Crippen LogP contribution >= 0.6 is 0 Å². The second kappa shape index (κ2) is 3.15. The quantitative estimate of drug-likeness (QED) is 0.710. The first-order chi connectivity index (χ1) is 6.07. The predicted molar refractivity (Wildman–Crippen MR) is 43.3 cm³/mol. The molecule has 4 heteroatoms. The van der Waals surface area contributed by atoms with Crippen LogP contribution in [0.1, 0.15) is 32.1 Å². The van der Waals surface area contributed by atoms with Crippen molar-refractivity contribution in [1.29, 1.82) is 0 Å². The second-order valence-electron chi connectivity index (χ2n) is 4.13. The van der Waals surface area contributed by atoms with Gasteiger partial charge in [0.25, 0.3) is 0 Å². The van der Waals surface area contributed by atoms with Crippen molar-refractivity contribution in [3.05, 3.63) is 0 Å². The van der Waals surface area contributed by atoms with Crippen molar-refractivity contribution in [2.45, 2.75) is 50.4 Å². The molecule has 0 saturated heterocycles. The van der Waals surface area contributed by atoms with E-state index in [9.17, 15) is 13.2 Å². The summed E-state index contributed by atoms with van der Waals surface area (Å²) < 4.78 is 36.8. The Morgan fingerprint density at radius 3 is 2.00 bits per heavy atom. The Bertz CT molecular complexity index is 186. The molecular formula is C9H14F3N. The lowest BCUT2D eigenvalue weighted by atomic mass is 9.77. The lowest BCUT2D eigenvalue weighted by molar-refractivity contribution is -0.204. The maximum atomic E-state index is 12.3. The van der Waals surface area contributed by atoms with E-state index in [0.717, 1.165) is 12.8 Å². The van der Waals surface area contributed by atoms with Gasteiger partial charge >= 0.3 is 6.18 Å². The number of rotatable bonds is 2. The molecule has 0 heterocycles. The molecule has 2 aliphatic carbocycles. The lowest BCUT2D eigenvalue weighted by Crippen LogP contribution is -2.55. The van der Waals surface area contributed by atoms with Crippen molar-refractivity contribution < 1.29 is 13.2 Å². The zero-order valence-electron chi connectivity index (χ0n) is 7.40. The molecular weight excluding hydrogens is 179 g/mol. The van der Waals surface area contributed by atoms with Crippen molar-refractivity contribution in [2.24, 2.45) is 5.92 Å². The molecule has 2 aliphatic rings. The Morgan fingerprint density at radius 1 is 1.00 bits per heavy atom. The number of hydrogen-bond donors (Lipinski definition) is 1. The maximum Gasteiger partial charge on any atom is 0.393 e. The van der Waals surface area contributed by atoms with Gasteiger partial charge in [0, 0.05) is 12.1 Å². The number of halogens is 3. The summed E-state index contributed by atoms with van der Waals surface area (Å²) in [5.74, 6) is -1.08. The van der Waals surface area contributed by atoms with Crippen LogP contribution in [-0.4, -0.2) is 18.3 Å². The fourth-order valence-electron chi connectivity index (χ4n) is 1.97. The van der Waals surface area contributed by atoms with Gasteiger partial charge in [0.1, 0.15) is 0 Å². The van der Waals surface area contributed by atoms with E-state index in [1.54, 1.807) is 0 Å². The molecule has 0 aliphatic heterocycles. The van der Waals surface area contributed by atoms with Gasteiger partial charge in [-0.3, -0.25) is 0 Å². The Kier molecular flexibility index (Phi) is 2.26. The maximum absolute atomic E-state index is 12.3. The molecule has 0 aromatic rings. The summed E-state index contributed by atoms with van der Waals surface area (Å²) in [5, 5.41) is 3.09. The van der Waals surface area contributed by atoms with Crippen molar-refractivity contribution in [3.63, 3.8) is 0 Å². The predicted octanol–water partition coefficient (Wildman–Crippen LogP) is 2.47. The summed E-state index contributed by atoms with van der Waals surface area (Å²) in [5.41, 5.74) is 0. The third-order valence-electron chi connectivity index (χ3n) is 3.25. The lowest BCUT2D eigenvalue weighted by Gasteiger charge is -2.42. The van der Waals surface area contributed by atoms with E-state index in [4.69, 9.17) is 0 Å². The van der Waals surface area contributed by atoms with Crippen LogP contribution in [0.25, 0.3) is 0 Å². The highest BCUT2D eigenvalue weighted by Gasteiger charge is 2.50. The van der Waals surface area contributed by atoms with Gasteiger partial charge in [-0.15, -0.1) is 0 Å². The molecule has 0 aromatic heterocycles. The van der Waals surface area contributed by atoms with Crippen LogP contribution in [0.5, 0.6) is 0 Å². The van der Waals surface area contributed by atoms with Gasteiger partial charge in [0.15, 0.2) is 0 Å². The molecule has 2 unspecified atom stereocenters. The summed E-state index contributed by atoms with van der Waals surface area (Å²) in [6.45, 7) is 0. The Hall–Kier alpha value is -0.250. The van der Waals surface area contributed by atoms with E-state index >= 15 is 0 Å². The number of alkyl halides is 3. The average Bonchev–Trinajstić information content (AvgIpc) is 1.76. The first-order valence-corrected chi connectivity index (χ1v) is 4.90. The Balaban J connectivity index is 1.80. The molecule has 2 atom stereocenters. The number of hydrogen-bond acceptors (Lipinski definition) is 1. The van der Waals surface area contributed by atoms with E-state index in [1.165, 1.54) is 6.42 Å². The molecule has 2 rings (SSSR count). The molecule has 76 valence electrons. The number of nitrogens with one attached hydrogen (secondary N) is 1. The molecule has 0 radical (unpaired) electrons. The minimum atomic E-state index is -3.99. The first-order valence-electron chi connectivity index (χ1n) is 4.90. The summed E-state index contributed by atoms with van der Waals surface area (Å²) >= 11 is 0. The van der Waals surface area contributed by atoms with Crippen molar-refractivity contribution in [1.82, 2.24) is 5.32 Å². The van der Waals surface area contributed by atoms with E-state index in [1.807, 2.05) is 0 Å². The fraction of sp³-hybridized carbons (Fsp3) is 1.00. The highest BCUT2D eigenvalue weighted by Crippen LogP contribution is 2.41. The van der Waals surface area contributed by atoms with E-state index in [2.05, 4.69) is 5.32 Å². The van der Waals surface area contributed by atoms with Gasteiger partial charge in [0.05, 0.1) is 5.92 Å². The van der Waals surface area contributed by atoms with Gasteiger partial charge in [-0.2, -0.15) is 13.2 Å². The van der Waals surface area contributed by atoms with Crippen molar-refractivity contribution in [2.75, 3.05) is 0 Å². The Labute approximate surface area is 75.7 Å². The van der Waals surface area contributed by atoms with Crippen LogP contribution < -0.4 is 5.32 Å². The largest absolute Gasteiger partial charge is 0.393 e. The Morgan fingerprint density at radius 2 is 1.69 bits per heavy atom. The molecule has 2 fully saturated rings. The SMILES string of the molecule is FC(F)(F)C1CCC1NC1CCC1. The monoisotopic (exact) mass is 193 g/mol. The topological polar surface area (TPSA) is 12.0 Å². The fourth-order valence-corrected chi connectivity index (χ4v) is 1.97. The summed E-state index contributed by atoms with van der Waals surface area (Å²) in [4.78, 5) is 0. The zero-order chi connectivity index (χ0) is 9.47. The summed E-state index contributed by atoms with van der Waals surface area (Å²) in [6, 6.07) is 0.0837. The van der Waals surface area contributed by atoms with Crippen LogP contribution in [0, 0.1) is 5.92 Å². The van der Waals surface area contributed by atoms with Crippen LogP contribution in [0.2, 0.25) is 0 Å². The third kappa shape index (κ3) is 1.82. The van der Waals surface area contributed by atoms with Gasteiger partial charge in [-0.25, -0.2) is 0 Å². The molecule has 0 bridgehead atoms. The summed E-state index contributed by atoms with van der Waals surface area (Å²) in [6.07, 6.45) is 0.303. The highest BCUT2D eigenvalue weighted by molar-refractivity contribution is 4.94. The average molecular weight is 193 g/mol. The third-order valence-corrected chi connectivity index (χ3v) is 3.25. The first kappa shape index (κ1) is 9.31. The smallest absolute Gasteiger partial charge is 0.311 e. The zero-order valence-corrected chi connectivity index (χ0v) is 7.40. The minimum Gasteiger partial charge on any atom is -0.311 e. The molecule has 0 spiro atoms. The molecule has 1 nitrogen and oxygen atoms in total. The van der Waals surface area contributed by atoms with Crippen LogP contribution in [0.4, 0.5) is 13.2 Å². The summed E-state index contributed by atoms with van der Waals surface area (Å²) in [7, 11) is 0. The van der Waals surface area contributed by atoms with Gasteiger partial charge < -0.3 is 5.32 Å². The van der Waals surface area contributed by atoms with Crippen LogP contribution in [-0.2, 0) is 0 Å².